The third-order valence-corrected chi connectivity index (χ3v) is 2.11. The van der Waals surface area contributed by atoms with Gasteiger partial charge in [0, 0.05) is 42.8 Å². The van der Waals surface area contributed by atoms with Crippen LogP contribution in [0, 0.1) is 0 Å². The minimum atomic E-state index is 0.112. The third-order valence-electron chi connectivity index (χ3n) is 1.43. The summed E-state index contributed by atoms with van der Waals surface area (Å²) in [6, 6.07) is 0. The molecule has 0 spiro atoms. The quantitative estimate of drug-likeness (QED) is 0.387. The second-order valence-corrected chi connectivity index (χ2v) is 2.94. The molecule has 1 aliphatic rings. The number of likely N-dealkylation sites (tertiary alicyclic amines) is 1. The molecule has 0 atom stereocenters. The van der Waals surface area contributed by atoms with Crippen molar-refractivity contribution in [3.05, 3.63) is 0 Å². The lowest BCUT2D eigenvalue weighted by molar-refractivity contribution is -0.00110. The van der Waals surface area contributed by atoms with Crippen LogP contribution in [-0.2, 0) is 4.74 Å². The van der Waals surface area contributed by atoms with E-state index in [0.29, 0.717) is 0 Å². The van der Waals surface area contributed by atoms with Gasteiger partial charge in [-0.15, -0.1) is 0 Å². The molecule has 0 aromatic carbocycles. The highest BCUT2D eigenvalue weighted by atomic mass is 127. The Morgan fingerprint density at radius 2 is 2.33 bits per heavy atom. The second-order valence-electron chi connectivity index (χ2n) is 2.02. The van der Waals surface area contributed by atoms with Crippen LogP contribution < -0.4 is 0 Å². The molecule has 1 fully saturated rings. The van der Waals surface area contributed by atoms with E-state index < -0.39 is 0 Å². The topological polar surface area (TPSA) is 29.5 Å². The van der Waals surface area contributed by atoms with Crippen molar-refractivity contribution in [2.24, 2.45) is 0 Å². The zero-order valence-electron chi connectivity index (χ0n) is 5.13. The van der Waals surface area contributed by atoms with Gasteiger partial charge in [0.05, 0.1) is 6.10 Å². The number of hydrogen-bond acceptors (Lipinski definition) is 2. The Kier molecular flexibility index (Phi) is 2.29. The summed E-state index contributed by atoms with van der Waals surface area (Å²) in [5.41, 5.74) is 0. The second kappa shape index (κ2) is 2.83. The van der Waals surface area contributed by atoms with Crippen molar-refractivity contribution in [1.82, 2.24) is 4.90 Å². The number of hydrogen-bond donors (Lipinski definition) is 0. The van der Waals surface area contributed by atoms with Crippen LogP contribution >= 0.6 is 22.6 Å². The van der Waals surface area contributed by atoms with Crippen LogP contribution in [0.2, 0.25) is 0 Å². The normalized spacial score (nSPS) is 19.6. The molecule has 52 valence electrons. The number of rotatable bonds is 1. The van der Waals surface area contributed by atoms with Gasteiger partial charge in [-0.2, -0.15) is 0 Å². The molecule has 0 aromatic heterocycles. The Morgan fingerprint density at radius 1 is 1.78 bits per heavy atom. The van der Waals surface area contributed by atoms with Crippen molar-refractivity contribution in [2.45, 2.75) is 6.10 Å². The highest BCUT2D eigenvalue weighted by molar-refractivity contribution is 14.1. The fourth-order valence-corrected chi connectivity index (χ4v) is 1.12. The molecule has 1 heterocycles. The molecule has 1 amide bonds. The van der Waals surface area contributed by atoms with Crippen molar-refractivity contribution in [1.29, 1.82) is 0 Å². The summed E-state index contributed by atoms with van der Waals surface area (Å²) in [5.74, 6) is 0. The summed E-state index contributed by atoms with van der Waals surface area (Å²) in [7, 11) is 1.67. The van der Waals surface area contributed by atoms with E-state index in [2.05, 4.69) is 0 Å². The Bertz CT molecular complexity index is 122. The van der Waals surface area contributed by atoms with Gasteiger partial charge in [0.15, 0.2) is 0 Å². The first kappa shape index (κ1) is 7.27. The molecular formula is C5H8INO2. The zero-order valence-corrected chi connectivity index (χ0v) is 7.29. The molecule has 4 heteroatoms. The van der Waals surface area contributed by atoms with Gasteiger partial charge in [-0.05, 0) is 0 Å². The van der Waals surface area contributed by atoms with E-state index in [-0.39, 0.29) is 10.0 Å². The Hall–Kier alpha value is 0.160. The molecule has 1 aliphatic heterocycles. The number of amides is 1. The molecule has 0 aromatic rings. The first-order valence-electron chi connectivity index (χ1n) is 2.71. The first-order chi connectivity index (χ1) is 4.24. The van der Waals surface area contributed by atoms with Crippen molar-refractivity contribution in [3.63, 3.8) is 0 Å². The molecule has 0 bridgehead atoms. The van der Waals surface area contributed by atoms with E-state index in [1.807, 2.05) is 0 Å². The largest absolute Gasteiger partial charge is 0.378 e. The van der Waals surface area contributed by atoms with E-state index in [1.54, 1.807) is 34.6 Å². The maximum atomic E-state index is 10.5. The van der Waals surface area contributed by atoms with Crippen LogP contribution in [0.4, 0.5) is 4.79 Å². The maximum absolute atomic E-state index is 10.5. The van der Waals surface area contributed by atoms with Crippen molar-refractivity contribution in [2.75, 3.05) is 20.2 Å². The first-order valence-corrected chi connectivity index (χ1v) is 3.79. The molecule has 0 radical (unpaired) electrons. The van der Waals surface area contributed by atoms with Crippen LogP contribution in [0.3, 0.4) is 0 Å². The summed E-state index contributed by atoms with van der Waals surface area (Å²) in [6.45, 7) is 1.52. The lowest BCUT2D eigenvalue weighted by Crippen LogP contribution is -2.52. The van der Waals surface area contributed by atoms with E-state index >= 15 is 0 Å². The van der Waals surface area contributed by atoms with Crippen LogP contribution in [0.1, 0.15) is 0 Å². The summed E-state index contributed by atoms with van der Waals surface area (Å²) in [6.07, 6.45) is 0.281. The minimum Gasteiger partial charge on any atom is -0.378 e. The average molecular weight is 241 g/mol. The van der Waals surface area contributed by atoms with Gasteiger partial charge in [0.25, 0.3) is 3.91 Å². The van der Waals surface area contributed by atoms with Gasteiger partial charge in [0.2, 0.25) is 0 Å². The van der Waals surface area contributed by atoms with Crippen molar-refractivity contribution >= 4 is 26.5 Å². The number of halogens is 1. The SMILES string of the molecule is COC1CN(C(=O)I)C1. The summed E-state index contributed by atoms with van der Waals surface area (Å²) in [4.78, 5) is 12.3. The lowest BCUT2D eigenvalue weighted by Gasteiger charge is -2.36. The molecule has 0 saturated carbocycles. The third kappa shape index (κ3) is 1.54. The lowest BCUT2D eigenvalue weighted by atomic mass is 10.2. The molecule has 0 N–H and O–H groups in total. The van der Waals surface area contributed by atoms with Crippen molar-refractivity contribution < 1.29 is 9.53 Å². The number of ether oxygens (including phenoxy) is 1. The van der Waals surface area contributed by atoms with E-state index in [9.17, 15) is 4.79 Å². The predicted molar refractivity (Wildman–Crippen MR) is 41.8 cm³/mol. The fourth-order valence-electron chi connectivity index (χ4n) is 0.731. The van der Waals surface area contributed by atoms with Crippen LogP contribution in [0.15, 0.2) is 0 Å². The van der Waals surface area contributed by atoms with Gasteiger partial charge in [-0.25, -0.2) is 0 Å². The van der Waals surface area contributed by atoms with E-state index in [0.717, 1.165) is 13.1 Å². The highest BCUT2D eigenvalue weighted by Crippen LogP contribution is 2.13. The van der Waals surface area contributed by atoms with Crippen LogP contribution in [-0.4, -0.2) is 35.1 Å². The summed E-state index contributed by atoms with van der Waals surface area (Å²) in [5, 5.41) is 0. The maximum Gasteiger partial charge on any atom is 0.283 e. The van der Waals surface area contributed by atoms with E-state index in [1.165, 1.54) is 0 Å². The van der Waals surface area contributed by atoms with Gasteiger partial charge in [-0.3, -0.25) is 4.79 Å². The summed E-state index contributed by atoms with van der Waals surface area (Å²) >= 11 is 1.78. The zero-order chi connectivity index (χ0) is 6.85. The van der Waals surface area contributed by atoms with Gasteiger partial charge < -0.3 is 9.64 Å². The average Bonchev–Trinajstić information content (AvgIpc) is 1.61. The minimum absolute atomic E-state index is 0.112. The Balaban J connectivity index is 2.19. The summed E-state index contributed by atoms with van der Waals surface area (Å²) < 4.78 is 5.08. The molecule has 1 rings (SSSR count). The molecule has 1 saturated heterocycles. The molecule has 9 heavy (non-hydrogen) atoms. The monoisotopic (exact) mass is 241 g/mol. The predicted octanol–water partition coefficient (Wildman–Crippen LogP) is 0.872. The molecule has 0 aliphatic carbocycles. The van der Waals surface area contributed by atoms with E-state index in [4.69, 9.17) is 4.74 Å². The smallest absolute Gasteiger partial charge is 0.283 e. The van der Waals surface area contributed by atoms with Gasteiger partial charge >= 0.3 is 0 Å². The fraction of sp³-hybridized carbons (Fsp3) is 0.800. The Morgan fingerprint density at radius 3 is 2.67 bits per heavy atom. The van der Waals surface area contributed by atoms with Crippen molar-refractivity contribution in [3.8, 4) is 0 Å². The highest BCUT2D eigenvalue weighted by Gasteiger charge is 2.28. The number of carbonyl (C=O) groups excluding carboxylic acids is 1. The molecule has 0 unspecified atom stereocenters. The van der Waals surface area contributed by atoms with Gasteiger partial charge in [0.1, 0.15) is 0 Å². The number of carbonyl (C=O) groups is 1. The molecule has 3 nitrogen and oxygen atoms in total. The Labute approximate surface area is 67.5 Å². The molecular weight excluding hydrogens is 233 g/mol. The van der Waals surface area contributed by atoms with Crippen LogP contribution in [0.25, 0.3) is 0 Å². The number of methoxy groups -OCH3 is 1. The van der Waals surface area contributed by atoms with Gasteiger partial charge in [-0.1, -0.05) is 0 Å². The number of nitrogens with zero attached hydrogens (tertiary/aromatic N) is 1. The van der Waals surface area contributed by atoms with Crippen LogP contribution in [0.5, 0.6) is 0 Å². The standard InChI is InChI=1S/C5H8INO2/c1-9-4-2-7(3-4)5(6)8/h4H,2-3H2,1H3.